The molecule has 0 rings (SSSR count). The highest BCUT2D eigenvalue weighted by Gasteiger charge is 2.28. The topological polar surface area (TPSA) is 104 Å². The summed E-state index contributed by atoms with van der Waals surface area (Å²) in [5.74, 6) is -1.40. The van der Waals surface area contributed by atoms with Gasteiger partial charge in [-0.25, -0.2) is 13.1 Å². The van der Waals surface area contributed by atoms with Crippen LogP contribution in [0, 0.1) is 5.92 Å². The van der Waals surface area contributed by atoms with Crippen LogP contribution in [0.5, 0.6) is 0 Å². The van der Waals surface area contributed by atoms with Crippen LogP contribution in [0.25, 0.3) is 0 Å². The summed E-state index contributed by atoms with van der Waals surface area (Å²) in [7, 11) is -3.91. The number of carbonyl (C=O) groups is 1. The number of hydrogen-bond acceptors (Lipinski definition) is 4. The summed E-state index contributed by atoms with van der Waals surface area (Å²) in [6, 6.07) is 0. The van der Waals surface area contributed by atoms with Gasteiger partial charge in [0.05, 0.1) is 6.10 Å². The monoisotopic (exact) mass is 267 g/mol. The summed E-state index contributed by atoms with van der Waals surface area (Å²) in [5, 5.41) is 16.8. The lowest BCUT2D eigenvalue weighted by Crippen LogP contribution is -2.42. The number of rotatable bonds is 8. The fourth-order valence-electron chi connectivity index (χ4n) is 1.46. The number of nitrogens with one attached hydrogen (secondary N) is 1. The molecular weight excluding hydrogens is 246 g/mol. The lowest BCUT2D eigenvalue weighted by atomic mass is 9.97. The third kappa shape index (κ3) is 5.01. The van der Waals surface area contributed by atoms with Crippen LogP contribution in [-0.2, 0) is 14.8 Å². The summed E-state index contributed by atoms with van der Waals surface area (Å²) in [6.45, 7) is 4.76. The molecule has 0 aromatic carbocycles. The molecule has 0 fully saturated rings. The van der Waals surface area contributed by atoms with Crippen molar-refractivity contribution in [3.05, 3.63) is 0 Å². The van der Waals surface area contributed by atoms with Crippen molar-refractivity contribution in [3.63, 3.8) is 0 Å². The minimum Gasteiger partial charge on any atom is -0.480 e. The van der Waals surface area contributed by atoms with Crippen LogP contribution in [0.15, 0.2) is 0 Å². The predicted octanol–water partition coefficient (Wildman–Crippen LogP) is 0.176. The van der Waals surface area contributed by atoms with Gasteiger partial charge in [-0.3, -0.25) is 4.79 Å². The third-order valence-electron chi connectivity index (χ3n) is 2.90. The van der Waals surface area contributed by atoms with Gasteiger partial charge >= 0.3 is 5.97 Å². The van der Waals surface area contributed by atoms with Gasteiger partial charge in [0.2, 0.25) is 10.0 Å². The molecule has 0 aromatic rings. The molecule has 3 N–H and O–H groups in total. The zero-order chi connectivity index (χ0) is 13.6. The first-order chi connectivity index (χ1) is 7.76. The molecule has 7 heteroatoms. The first-order valence-electron chi connectivity index (χ1n) is 5.65. The van der Waals surface area contributed by atoms with Gasteiger partial charge in [0.15, 0.2) is 5.25 Å². The molecule has 0 saturated heterocycles. The second-order valence-corrected chi connectivity index (χ2v) is 6.10. The fraction of sp³-hybridized carbons (Fsp3) is 0.900. The van der Waals surface area contributed by atoms with E-state index in [1.807, 2.05) is 13.8 Å². The van der Waals surface area contributed by atoms with Crippen molar-refractivity contribution in [2.24, 2.45) is 5.92 Å². The maximum Gasteiger partial charge on any atom is 0.323 e. The molecule has 0 aliphatic rings. The van der Waals surface area contributed by atoms with E-state index in [0.29, 0.717) is 0 Å². The number of carboxylic acid groups (broad SMARTS) is 1. The lowest BCUT2D eigenvalue weighted by molar-refractivity contribution is -0.136. The van der Waals surface area contributed by atoms with Gasteiger partial charge in [0.25, 0.3) is 0 Å². The van der Waals surface area contributed by atoms with Crippen molar-refractivity contribution in [2.45, 2.75) is 45.0 Å². The van der Waals surface area contributed by atoms with Gasteiger partial charge < -0.3 is 10.2 Å². The molecule has 0 saturated carbocycles. The van der Waals surface area contributed by atoms with Crippen LogP contribution >= 0.6 is 0 Å². The highest BCUT2D eigenvalue weighted by atomic mass is 32.2. The molecule has 17 heavy (non-hydrogen) atoms. The SMILES string of the molecule is CCC(CC)C(O)CNS(=O)(=O)C(C)C(=O)O. The second-order valence-electron chi connectivity index (χ2n) is 4.02. The van der Waals surface area contributed by atoms with Crippen LogP contribution in [-0.4, -0.2) is 42.5 Å². The van der Waals surface area contributed by atoms with Crippen LogP contribution in [0.2, 0.25) is 0 Å². The summed E-state index contributed by atoms with van der Waals surface area (Å²) >= 11 is 0. The molecule has 0 aliphatic carbocycles. The first-order valence-corrected chi connectivity index (χ1v) is 7.20. The molecule has 0 aliphatic heterocycles. The van der Waals surface area contributed by atoms with E-state index >= 15 is 0 Å². The third-order valence-corrected chi connectivity index (χ3v) is 4.60. The molecule has 0 spiro atoms. The Morgan fingerprint density at radius 1 is 1.29 bits per heavy atom. The van der Waals surface area contributed by atoms with Gasteiger partial charge in [0, 0.05) is 6.54 Å². The van der Waals surface area contributed by atoms with E-state index in [4.69, 9.17) is 5.11 Å². The van der Waals surface area contributed by atoms with Crippen molar-refractivity contribution >= 4 is 16.0 Å². The lowest BCUT2D eigenvalue weighted by Gasteiger charge is -2.20. The van der Waals surface area contributed by atoms with Crippen LogP contribution in [0.1, 0.15) is 33.6 Å². The van der Waals surface area contributed by atoms with Crippen molar-refractivity contribution in [1.82, 2.24) is 4.72 Å². The fourth-order valence-corrected chi connectivity index (χ4v) is 2.38. The zero-order valence-electron chi connectivity index (χ0n) is 10.4. The summed E-state index contributed by atoms with van der Waals surface area (Å²) in [5.41, 5.74) is 0. The maximum absolute atomic E-state index is 11.5. The number of aliphatic carboxylic acids is 1. The Kier molecular flexibility index (Phi) is 6.66. The first kappa shape index (κ1) is 16.3. The Morgan fingerprint density at radius 2 is 1.76 bits per heavy atom. The molecule has 0 radical (unpaired) electrons. The van der Waals surface area contributed by atoms with Gasteiger partial charge in [-0.05, 0) is 12.8 Å². The normalized spacial score (nSPS) is 15.8. The Labute approximate surface area is 102 Å². The highest BCUT2D eigenvalue weighted by molar-refractivity contribution is 7.90. The van der Waals surface area contributed by atoms with Gasteiger partial charge in [-0.1, -0.05) is 26.7 Å². The van der Waals surface area contributed by atoms with E-state index < -0.39 is 27.3 Å². The Hall–Kier alpha value is -0.660. The number of sulfonamides is 1. The van der Waals surface area contributed by atoms with Crippen molar-refractivity contribution in [2.75, 3.05) is 6.54 Å². The summed E-state index contributed by atoms with van der Waals surface area (Å²) < 4.78 is 25.1. The van der Waals surface area contributed by atoms with E-state index in [-0.39, 0.29) is 12.5 Å². The molecule has 2 unspecified atom stereocenters. The van der Waals surface area contributed by atoms with Crippen LogP contribution in [0.3, 0.4) is 0 Å². The largest absolute Gasteiger partial charge is 0.480 e. The quantitative estimate of drug-likeness (QED) is 0.582. The standard InChI is InChI=1S/C10H21NO5S/c1-4-8(5-2)9(12)6-11-17(15,16)7(3)10(13)14/h7-9,11-12H,4-6H2,1-3H3,(H,13,14). The molecule has 0 bridgehead atoms. The van der Waals surface area contributed by atoms with E-state index in [2.05, 4.69) is 4.72 Å². The minimum absolute atomic E-state index is 0.0119. The van der Waals surface area contributed by atoms with E-state index in [1.165, 1.54) is 0 Å². The number of carboxylic acids is 1. The van der Waals surface area contributed by atoms with Gasteiger partial charge in [-0.2, -0.15) is 0 Å². The van der Waals surface area contributed by atoms with Gasteiger partial charge in [0.1, 0.15) is 0 Å². The summed E-state index contributed by atoms with van der Waals surface area (Å²) in [6.07, 6.45) is 0.697. The molecule has 102 valence electrons. The summed E-state index contributed by atoms with van der Waals surface area (Å²) in [4.78, 5) is 10.6. The number of aliphatic hydroxyl groups is 1. The Balaban J connectivity index is 4.42. The smallest absolute Gasteiger partial charge is 0.323 e. The predicted molar refractivity (Wildman–Crippen MR) is 64.1 cm³/mol. The molecule has 6 nitrogen and oxygen atoms in total. The second kappa shape index (κ2) is 6.93. The molecule has 0 heterocycles. The van der Waals surface area contributed by atoms with E-state index in [0.717, 1.165) is 19.8 Å². The average Bonchev–Trinajstić information content (AvgIpc) is 2.27. The maximum atomic E-state index is 11.5. The van der Waals surface area contributed by atoms with Gasteiger partial charge in [-0.15, -0.1) is 0 Å². The zero-order valence-corrected chi connectivity index (χ0v) is 11.2. The Bertz CT molecular complexity index is 337. The minimum atomic E-state index is -3.91. The van der Waals surface area contributed by atoms with Crippen LogP contribution < -0.4 is 4.72 Å². The number of hydrogen-bond donors (Lipinski definition) is 3. The van der Waals surface area contributed by atoms with Crippen LogP contribution in [0.4, 0.5) is 0 Å². The van der Waals surface area contributed by atoms with Crippen molar-refractivity contribution < 1.29 is 23.4 Å². The van der Waals surface area contributed by atoms with Crippen molar-refractivity contribution in [1.29, 1.82) is 0 Å². The molecular formula is C10H21NO5S. The highest BCUT2D eigenvalue weighted by Crippen LogP contribution is 2.12. The van der Waals surface area contributed by atoms with E-state index in [1.54, 1.807) is 0 Å². The van der Waals surface area contributed by atoms with Crippen molar-refractivity contribution in [3.8, 4) is 0 Å². The molecule has 2 atom stereocenters. The van der Waals surface area contributed by atoms with E-state index in [9.17, 15) is 18.3 Å². The number of aliphatic hydroxyl groups excluding tert-OH is 1. The average molecular weight is 267 g/mol. The molecule has 0 amide bonds. The Morgan fingerprint density at radius 3 is 2.12 bits per heavy atom. The molecule has 0 aromatic heterocycles.